The van der Waals surface area contributed by atoms with E-state index in [1.54, 1.807) is 18.3 Å². The van der Waals surface area contributed by atoms with Gasteiger partial charge in [0.15, 0.2) is 6.10 Å². The molecule has 20 heavy (non-hydrogen) atoms. The molecule has 0 saturated carbocycles. The lowest BCUT2D eigenvalue weighted by Crippen LogP contribution is -2.27. The van der Waals surface area contributed by atoms with Crippen molar-refractivity contribution in [2.24, 2.45) is 0 Å². The van der Waals surface area contributed by atoms with E-state index in [2.05, 4.69) is 4.98 Å². The van der Waals surface area contributed by atoms with Gasteiger partial charge in [-0.05, 0) is 24.3 Å². The number of rotatable bonds is 4. The van der Waals surface area contributed by atoms with Crippen molar-refractivity contribution >= 4 is 11.9 Å². The molecule has 1 atom stereocenters. The van der Waals surface area contributed by atoms with E-state index in [4.69, 9.17) is 9.47 Å². The number of hydrogen-bond acceptors (Lipinski definition) is 4. The molecule has 0 aliphatic carbocycles. The van der Waals surface area contributed by atoms with Gasteiger partial charge in [0, 0.05) is 6.20 Å². The van der Waals surface area contributed by atoms with Crippen molar-refractivity contribution in [3.63, 3.8) is 0 Å². The number of para-hydroxylation sites is 1. The Kier molecular flexibility index (Phi) is 3.50. The van der Waals surface area contributed by atoms with Gasteiger partial charge in [0.25, 0.3) is 0 Å². The van der Waals surface area contributed by atoms with E-state index in [-0.39, 0.29) is 12.2 Å². The fourth-order valence-electron chi connectivity index (χ4n) is 2.01. The second-order valence-electron chi connectivity index (χ2n) is 4.43. The third-order valence-corrected chi connectivity index (χ3v) is 2.98. The van der Waals surface area contributed by atoms with Crippen LogP contribution in [-0.2, 0) is 4.74 Å². The van der Waals surface area contributed by atoms with Gasteiger partial charge in [-0.3, -0.25) is 4.90 Å². The summed E-state index contributed by atoms with van der Waals surface area (Å²) in [4.78, 5) is 17.5. The highest BCUT2D eigenvalue weighted by Gasteiger charge is 2.33. The van der Waals surface area contributed by atoms with Gasteiger partial charge in [-0.15, -0.1) is 0 Å². The van der Waals surface area contributed by atoms with Crippen LogP contribution in [0.5, 0.6) is 5.75 Å². The minimum absolute atomic E-state index is 0.287. The van der Waals surface area contributed by atoms with Gasteiger partial charge in [0.1, 0.15) is 18.2 Å². The van der Waals surface area contributed by atoms with E-state index in [0.717, 1.165) is 5.75 Å². The number of cyclic esters (lactones) is 1. The second kappa shape index (κ2) is 5.61. The molecule has 1 aliphatic heterocycles. The summed E-state index contributed by atoms with van der Waals surface area (Å²) in [5.74, 6) is 1.36. The van der Waals surface area contributed by atoms with Gasteiger partial charge < -0.3 is 9.47 Å². The first-order chi connectivity index (χ1) is 9.83. The molecule has 2 aromatic rings. The third-order valence-electron chi connectivity index (χ3n) is 2.98. The normalized spacial score (nSPS) is 17.9. The topological polar surface area (TPSA) is 51.7 Å². The molecule has 0 bridgehead atoms. The number of hydrogen-bond donors (Lipinski definition) is 0. The number of ether oxygens (including phenoxy) is 2. The minimum atomic E-state index is -0.384. The van der Waals surface area contributed by atoms with Crippen LogP contribution in [0, 0.1) is 0 Å². The van der Waals surface area contributed by atoms with Crippen LogP contribution < -0.4 is 9.64 Å². The van der Waals surface area contributed by atoms with Gasteiger partial charge >= 0.3 is 6.09 Å². The van der Waals surface area contributed by atoms with Gasteiger partial charge in [0.2, 0.25) is 0 Å². The molecule has 1 aromatic carbocycles. The minimum Gasteiger partial charge on any atom is -0.490 e. The molecule has 0 radical (unpaired) electrons. The van der Waals surface area contributed by atoms with Crippen LogP contribution in [0.2, 0.25) is 0 Å². The summed E-state index contributed by atoms with van der Waals surface area (Å²) in [6, 6.07) is 14.9. The summed E-state index contributed by atoms with van der Waals surface area (Å²) >= 11 is 0. The monoisotopic (exact) mass is 270 g/mol. The Balaban J connectivity index is 1.60. The predicted molar refractivity (Wildman–Crippen MR) is 73.8 cm³/mol. The summed E-state index contributed by atoms with van der Waals surface area (Å²) in [6.07, 6.45) is 0.978. The molecular formula is C15H14N2O3. The summed E-state index contributed by atoms with van der Waals surface area (Å²) in [7, 11) is 0. The van der Waals surface area contributed by atoms with Crippen LogP contribution in [-0.4, -0.2) is 30.3 Å². The van der Waals surface area contributed by atoms with Crippen LogP contribution in [0.1, 0.15) is 0 Å². The van der Waals surface area contributed by atoms with E-state index in [0.29, 0.717) is 19.0 Å². The Morgan fingerprint density at radius 3 is 2.75 bits per heavy atom. The summed E-state index contributed by atoms with van der Waals surface area (Å²) in [5, 5.41) is 0. The highest BCUT2D eigenvalue weighted by Crippen LogP contribution is 2.19. The molecule has 1 aromatic heterocycles. The van der Waals surface area contributed by atoms with Crippen molar-refractivity contribution in [3.05, 3.63) is 54.7 Å². The maximum atomic E-state index is 11.8. The van der Waals surface area contributed by atoms with Crippen LogP contribution in [0.25, 0.3) is 0 Å². The zero-order valence-corrected chi connectivity index (χ0v) is 10.8. The first kappa shape index (κ1) is 12.5. The van der Waals surface area contributed by atoms with Crippen LogP contribution >= 0.6 is 0 Å². The molecule has 5 heteroatoms. The zero-order chi connectivity index (χ0) is 13.8. The largest absolute Gasteiger partial charge is 0.490 e. The number of carbonyl (C=O) groups is 1. The van der Waals surface area contributed by atoms with E-state index >= 15 is 0 Å². The molecule has 102 valence electrons. The van der Waals surface area contributed by atoms with E-state index in [1.807, 2.05) is 36.4 Å². The fourth-order valence-corrected chi connectivity index (χ4v) is 2.01. The molecule has 1 fully saturated rings. The van der Waals surface area contributed by atoms with Gasteiger partial charge in [-0.2, -0.15) is 0 Å². The number of anilines is 1. The van der Waals surface area contributed by atoms with Crippen LogP contribution in [0.15, 0.2) is 54.7 Å². The number of benzene rings is 1. The molecule has 1 saturated heterocycles. The summed E-state index contributed by atoms with van der Waals surface area (Å²) in [6.45, 7) is 0.780. The Morgan fingerprint density at radius 1 is 1.20 bits per heavy atom. The lowest BCUT2D eigenvalue weighted by molar-refractivity contribution is 0.105. The third kappa shape index (κ3) is 2.71. The quantitative estimate of drug-likeness (QED) is 0.856. The SMILES string of the molecule is O=C1OC(COc2ccccc2)CN1c1ccccn1. The standard InChI is InChI=1S/C15H14N2O3/c18-15-17(14-8-4-5-9-16-14)10-13(20-15)11-19-12-6-2-1-3-7-12/h1-9,13H,10-11H2. The zero-order valence-electron chi connectivity index (χ0n) is 10.8. The van der Waals surface area contributed by atoms with E-state index in [1.165, 1.54) is 4.90 Å². The maximum absolute atomic E-state index is 11.8. The molecular weight excluding hydrogens is 256 g/mol. The Morgan fingerprint density at radius 2 is 2.00 bits per heavy atom. The number of amides is 1. The van der Waals surface area contributed by atoms with Crippen molar-refractivity contribution in [2.45, 2.75) is 6.10 Å². The predicted octanol–water partition coefficient (Wildman–Crippen LogP) is 2.49. The van der Waals surface area contributed by atoms with Crippen molar-refractivity contribution < 1.29 is 14.3 Å². The molecule has 3 rings (SSSR count). The van der Waals surface area contributed by atoms with Gasteiger partial charge in [-0.25, -0.2) is 9.78 Å². The number of carbonyl (C=O) groups excluding carboxylic acids is 1. The maximum Gasteiger partial charge on any atom is 0.416 e. The Labute approximate surface area is 116 Å². The molecule has 1 unspecified atom stereocenters. The molecule has 1 aliphatic rings. The number of aromatic nitrogens is 1. The lowest BCUT2D eigenvalue weighted by Gasteiger charge is -2.11. The van der Waals surface area contributed by atoms with Crippen molar-refractivity contribution in [1.82, 2.24) is 4.98 Å². The van der Waals surface area contributed by atoms with Crippen molar-refractivity contribution in [1.29, 1.82) is 0 Å². The molecule has 0 spiro atoms. The first-order valence-corrected chi connectivity index (χ1v) is 6.40. The molecule has 5 nitrogen and oxygen atoms in total. The van der Waals surface area contributed by atoms with Crippen molar-refractivity contribution in [2.75, 3.05) is 18.1 Å². The lowest BCUT2D eigenvalue weighted by atomic mass is 10.3. The number of pyridine rings is 1. The molecule has 2 heterocycles. The molecule has 0 N–H and O–H groups in total. The van der Waals surface area contributed by atoms with Crippen LogP contribution in [0.4, 0.5) is 10.6 Å². The van der Waals surface area contributed by atoms with Crippen molar-refractivity contribution in [3.8, 4) is 5.75 Å². The van der Waals surface area contributed by atoms with E-state index in [9.17, 15) is 4.79 Å². The van der Waals surface area contributed by atoms with Crippen LogP contribution in [0.3, 0.4) is 0 Å². The first-order valence-electron chi connectivity index (χ1n) is 6.40. The fraction of sp³-hybridized carbons (Fsp3) is 0.200. The second-order valence-corrected chi connectivity index (χ2v) is 4.43. The average molecular weight is 270 g/mol. The summed E-state index contributed by atoms with van der Waals surface area (Å²) < 4.78 is 10.9. The molecule has 1 amide bonds. The average Bonchev–Trinajstić information content (AvgIpc) is 2.88. The highest BCUT2D eigenvalue weighted by atomic mass is 16.6. The smallest absolute Gasteiger partial charge is 0.416 e. The Bertz CT molecular complexity index is 574. The number of nitrogens with zero attached hydrogens (tertiary/aromatic N) is 2. The van der Waals surface area contributed by atoms with Gasteiger partial charge in [0.05, 0.1) is 6.54 Å². The highest BCUT2D eigenvalue weighted by molar-refractivity contribution is 5.88. The Hall–Kier alpha value is -2.56. The van der Waals surface area contributed by atoms with Gasteiger partial charge in [-0.1, -0.05) is 24.3 Å². The van der Waals surface area contributed by atoms with E-state index < -0.39 is 0 Å². The summed E-state index contributed by atoms with van der Waals surface area (Å²) in [5.41, 5.74) is 0.